The molecule has 10 nitrogen and oxygen atoms in total. The number of hydrogen-bond donors (Lipinski definition) is 1. The largest absolute Gasteiger partial charge is 0.325 e. The summed E-state index contributed by atoms with van der Waals surface area (Å²) < 4.78 is 16.6. The smallest absolute Gasteiger partial charge is 0.248 e. The highest BCUT2D eigenvalue weighted by atomic mass is 79.9. The standard InChI is InChI=1S/C29H27BrFN7O3/c1-14-5-8-23(30)34-27(14)35-28(41)20-10-29(4)11-22(29)38(20)24(40)13-37-21-12-32-19(9-18(21)25(36-37)16(3)39)17-7-6-15(2)33-26(17)31/h5-9,12,20,22H,10-11,13H2,1-4H3,(H,34,35,41)/t20-,22+,29-/m0/s1. The second kappa shape index (κ2) is 9.79. The minimum Gasteiger partial charge on any atom is -0.325 e. The third-order valence-electron chi connectivity index (χ3n) is 8.05. The summed E-state index contributed by atoms with van der Waals surface area (Å²) in [6.45, 7) is 6.82. The van der Waals surface area contributed by atoms with Crippen LogP contribution in [-0.4, -0.2) is 59.3 Å². The minimum atomic E-state index is -0.665. The van der Waals surface area contributed by atoms with Crippen LogP contribution in [0.2, 0.25) is 0 Å². The van der Waals surface area contributed by atoms with E-state index in [0.717, 1.165) is 12.0 Å². The number of aryl methyl sites for hydroxylation is 2. The lowest BCUT2D eigenvalue weighted by molar-refractivity contribution is -0.138. The molecule has 2 amide bonds. The summed E-state index contributed by atoms with van der Waals surface area (Å²) in [5.74, 6) is -1.11. The monoisotopic (exact) mass is 619 g/mol. The highest BCUT2D eigenvalue weighted by Crippen LogP contribution is 2.59. The van der Waals surface area contributed by atoms with Gasteiger partial charge in [-0.15, -0.1) is 0 Å². The number of nitrogens with one attached hydrogen (secondary N) is 1. The van der Waals surface area contributed by atoms with Crippen LogP contribution < -0.4 is 5.32 Å². The Morgan fingerprint density at radius 2 is 1.93 bits per heavy atom. The van der Waals surface area contributed by atoms with E-state index in [1.54, 1.807) is 36.1 Å². The van der Waals surface area contributed by atoms with Crippen molar-refractivity contribution in [2.45, 2.75) is 59.2 Å². The van der Waals surface area contributed by atoms with Gasteiger partial charge in [0.05, 0.1) is 23.0 Å². The summed E-state index contributed by atoms with van der Waals surface area (Å²) >= 11 is 3.34. The second-order valence-corrected chi connectivity index (χ2v) is 11.9. The number of carbonyl (C=O) groups excluding carboxylic acids is 3. The Morgan fingerprint density at radius 3 is 2.66 bits per heavy atom. The lowest BCUT2D eigenvalue weighted by atomic mass is 10.0. The van der Waals surface area contributed by atoms with Gasteiger partial charge in [0.2, 0.25) is 17.8 Å². The van der Waals surface area contributed by atoms with E-state index in [9.17, 15) is 18.8 Å². The predicted octanol–water partition coefficient (Wildman–Crippen LogP) is 4.63. The molecule has 6 rings (SSSR count). The van der Waals surface area contributed by atoms with Crippen LogP contribution in [0.25, 0.3) is 22.2 Å². The highest BCUT2D eigenvalue weighted by molar-refractivity contribution is 9.10. The summed E-state index contributed by atoms with van der Waals surface area (Å²) in [6, 6.07) is 7.78. The number of Topliss-reactive ketones (excluding diaryl/α,β-unsaturated/α-hetero) is 1. The predicted molar refractivity (Wildman–Crippen MR) is 153 cm³/mol. The third-order valence-corrected chi connectivity index (χ3v) is 8.49. The Kier molecular flexibility index (Phi) is 6.48. The Bertz CT molecular complexity index is 1770. The molecular formula is C29H27BrFN7O3. The molecule has 0 aromatic carbocycles. The first-order valence-corrected chi connectivity index (χ1v) is 14.0. The van der Waals surface area contributed by atoms with Crippen LogP contribution in [0.15, 0.2) is 41.1 Å². The average Bonchev–Trinajstić information content (AvgIpc) is 3.28. The molecule has 4 aromatic rings. The van der Waals surface area contributed by atoms with Crippen molar-refractivity contribution in [3.05, 3.63) is 64.0 Å². The van der Waals surface area contributed by atoms with Crippen molar-refractivity contribution in [2.24, 2.45) is 5.41 Å². The average molecular weight is 620 g/mol. The number of pyridine rings is 3. The van der Waals surface area contributed by atoms with Gasteiger partial charge in [0.25, 0.3) is 0 Å². The van der Waals surface area contributed by atoms with Crippen LogP contribution in [0.3, 0.4) is 0 Å². The molecule has 2 fully saturated rings. The maximum atomic E-state index is 14.6. The Hall–Kier alpha value is -4.06. The summed E-state index contributed by atoms with van der Waals surface area (Å²) in [7, 11) is 0. The molecule has 4 aromatic heterocycles. The topological polar surface area (TPSA) is 123 Å². The number of hydrogen-bond acceptors (Lipinski definition) is 7. The molecule has 210 valence electrons. The van der Waals surface area contributed by atoms with Crippen molar-refractivity contribution >= 4 is 50.2 Å². The maximum absolute atomic E-state index is 14.6. The number of piperidine rings is 1. The van der Waals surface area contributed by atoms with Gasteiger partial charge in [-0.1, -0.05) is 13.0 Å². The number of likely N-dealkylation sites (tertiary alicyclic amines) is 1. The first-order chi connectivity index (χ1) is 19.4. The van der Waals surface area contributed by atoms with Crippen molar-refractivity contribution in [3.8, 4) is 11.3 Å². The minimum absolute atomic E-state index is 0.0573. The number of carbonyl (C=O) groups is 3. The molecule has 1 saturated heterocycles. The Morgan fingerprint density at radius 1 is 1.15 bits per heavy atom. The lowest BCUT2D eigenvalue weighted by Crippen LogP contribution is -2.47. The van der Waals surface area contributed by atoms with Gasteiger partial charge in [-0.2, -0.15) is 9.49 Å². The van der Waals surface area contributed by atoms with E-state index in [2.05, 4.69) is 48.2 Å². The van der Waals surface area contributed by atoms with Gasteiger partial charge in [0.1, 0.15) is 28.7 Å². The van der Waals surface area contributed by atoms with E-state index < -0.39 is 12.0 Å². The third kappa shape index (κ3) is 4.79. The summed E-state index contributed by atoms with van der Waals surface area (Å²) in [6.07, 6.45) is 2.84. The zero-order chi connectivity index (χ0) is 29.2. The number of anilines is 1. The zero-order valence-electron chi connectivity index (χ0n) is 22.9. The first-order valence-electron chi connectivity index (χ1n) is 13.2. The van der Waals surface area contributed by atoms with Gasteiger partial charge in [-0.3, -0.25) is 24.0 Å². The number of amides is 2. The fraction of sp³-hybridized carbons (Fsp3) is 0.345. The molecule has 12 heteroatoms. The molecular weight excluding hydrogens is 593 g/mol. The quantitative estimate of drug-likeness (QED) is 0.246. The van der Waals surface area contributed by atoms with Crippen LogP contribution in [0.4, 0.5) is 10.2 Å². The van der Waals surface area contributed by atoms with Crippen LogP contribution in [0.5, 0.6) is 0 Å². The van der Waals surface area contributed by atoms with E-state index in [-0.39, 0.29) is 46.9 Å². The van der Waals surface area contributed by atoms with Crippen LogP contribution >= 0.6 is 15.9 Å². The normalized spacial score (nSPS) is 21.2. The Balaban J connectivity index is 1.30. The highest BCUT2D eigenvalue weighted by Gasteiger charge is 2.64. The molecule has 0 radical (unpaired) electrons. The van der Waals surface area contributed by atoms with Gasteiger partial charge in [-0.05, 0) is 77.9 Å². The lowest BCUT2D eigenvalue weighted by Gasteiger charge is -2.27. The van der Waals surface area contributed by atoms with Crippen molar-refractivity contribution < 1.29 is 18.8 Å². The van der Waals surface area contributed by atoms with Crippen molar-refractivity contribution in [1.82, 2.24) is 29.6 Å². The van der Waals surface area contributed by atoms with E-state index >= 15 is 0 Å². The fourth-order valence-electron chi connectivity index (χ4n) is 5.72. The first kappa shape index (κ1) is 27.1. The van der Waals surface area contributed by atoms with E-state index in [4.69, 9.17) is 0 Å². The van der Waals surface area contributed by atoms with E-state index in [0.29, 0.717) is 39.1 Å². The van der Waals surface area contributed by atoms with Gasteiger partial charge in [-0.25, -0.2) is 9.97 Å². The molecule has 2 aliphatic rings. The molecule has 1 saturated carbocycles. The van der Waals surface area contributed by atoms with Gasteiger partial charge in [0, 0.05) is 24.0 Å². The molecule has 41 heavy (non-hydrogen) atoms. The molecule has 1 aliphatic carbocycles. The number of aromatic nitrogens is 5. The van der Waals surface area contributed by atoms with Crippen LogP contribution in [-0.2, 0) is 16.1 Å². The SMILES string of the molecule is CC(=O)c1nn(CC(=O)N2[C@H](C(=O)Nc3nc(Br)ccc3C)C[C@@]3(C)C[C@@H]23)c2cnc(-c3ccc(C)nc3F)cc12. The molecule has 1 N–H and O–H groups in total. The van der Waals surface area contributed by atoms with Crippen molar-refractivity contribution in [2.75, 3.05) is 5.32 Å². The number of ketones is 1. The summed E-state index contributed by atoms with van der Waals surface area (Å²) in [4.78, 5) is 54.0. The van der Waals surface area contributed by atoms with Gasteiger partial charge < -0.3 is 10.2 Å². The van der Waals surface area contributed by atoms with Crippen molar-refractivity contribution in [3.63, 3.8) is 0 Å². The Labute approximate surface area is 243 Å². The maximum Gasteiger partial charge on any atom is 0.248 e. The molecule has 3 atom stereocenters. The number of fused-ring (bicyclic) bond motifs is 2. The van der Waals surface area contributed by atoms with Crippen LogP contribution in [0.1, 0.15) is 48.4 Å². The van der Waals surface area contributed by atoms with Gasteiger partial charge >= 0.3 is 0 Å². The second-order valence-electron chi connectivity index (χ2n) is 11.1. The number of halogens is 2. The van der Waals surface area contributed by atoms with E-state index in [1.807, 2.05) is 13.0 Å². The molecule has 5 heterocycles. The molecule has 0 bridgehead atoms. The molecule has 0 spiro atoms. The summed E-state index contributed by atoms with van der Waals surface area (Å²) in [5, 5.41) is 7.79. The molecule has 1 aliphatic heterocycles. The van der Waals surface area contributed by atoms with Crippen LogP contribution in [0, 0.1) is 25.2 Å². The number of nitrogens with zero attached hydrogens (tertiary/aromatic N) is 6. The van der Waals surface area contributed by atoms with Gasteiger partial charge in [0.15, 0.2) is 5.78 Å². The fourth-order valence-corrected chi connectivity index (χ4v) is 6.03. The van der Waals surface area contributed by atoms with Crippen molar-refractivity contribution in [1.29, 1.82) is 0 Å². The zero-order valence-corrected chi connectivity index (χ0v) is 24.5. The number of rotatable bonds is 6. The summed E-state index contributed by atoms with van der Waals surface area (Å²) in [5.41, 5.74) is 2.33. The van der Waals surface area contributed by atoms with E-state index in [1.165, 1.54) is 17.8 Å². The molecule has 0 unspecified atom stereocenters.